The average molecular weight is 521 g/mol. The van der Waals surface area contributed by atoms with Gasteiger partial charge in [-0.1, -0.05) is 6.58 Å². The van der Waals surface area contributed by atoms with Gasteiger partial charge in [0, 0.05) is 16.9 Å². The van der Waals surface area contributed by atoms with Gasteiger partial charge in [0.2, 0.25) is 17.7 Å². The molecule has 38 heavy (non-hydrogen) atoms. The van der Waals surface area contributed by atoms with E-state index in [1.807, 2.05) is 0 Å². The Morgan fingerprint density at radius 2 is 1.26 bits per heavy atom. The van der Waals surface area contributed by atoms with Crippen molar-refractivity contribution in [3.8, 4) is 0 Å². The van der Waals surface area contributed by atoms with Gasteiger partial charge in [-0.3, -0.25) is 14.4 Å². The lowest BCUT2D eigenvalue weighted by molar-refractivity contribution is -0.142. The highest BCUT2D eigenvalue weighted by Gasteiger charge is 2.34. The van der Waals surface area contributed by atoms with Crippen LogP contribution in [0.1, 0.15) is 6.92 Å². The minimum Gasteiger partial charge on any atom is -0.460 e. The number of aromatic amines is 4. The first kappa shape index (κ1) is 25.7. The normalized spacial score (nSPS) is 10.9. The number of hydrogen-bond donors (Lipinski definition) is 7. The number of rotatable bonds is 9. The van der Waals surface area contributed by atoms with Crippen LogP contribution in [0.25, 0.3) is 22.1 Å². The average Bonchev–Trinajstić information content (AvgIpc) is 3.41. The first-order valence-electron chi connectivity index (χ1n) is 11.3. The van der Waals surface area contributed by atoms with Crippen molar-refractivity contribution in [2.45, 2.75) is 6.92 Å². The quantitative estimate of drug-likeness (QED) is 0.0715. The Hall–Kier alpha value is -5.40. The highest BCUT2D eigenvalue weighted by Crippen LogP contribution is 2.18. The molecule has 196 valence electrons. The number of benzene rings is 2. The van der Waals surface area contributed by atoms with Crippen LogP contribution in [-0.2, 0) is 23.9 Å². The summed E-state index contributed by atoms with van der Waals surface area (Å²) >= 11 is 0. The maximum absolute atomic E-state index is 13.1. The predicted molar refractivity (Wildman–Crippen MR) is 137 cm³/mol. The summed E-state index contributed by atoms with van der Waals surface area (Å²) in [5.74, 6) is -5.35. The van der Waals surface area contributed by atoms with Crippen molar-refractivity contribution in [1.82, 2.24) is 25.3 Å². The number of aromatic nitrogens is 4. The van der Waals surface area contributed by atoms with Gasteiger partial charge < -0.3 is 40.6 Å². The molecule has 7 N–H and O–H groups in total. The maximum atomic E-state index is 13.1. The van der Waals surface area contributed by atoms with Gasteiger partial charge in [-0.25, -0.2) is 14.4 Å². The monoisotopic (exact) mass is 521 g/mol. The van der Waals surface area contributed by atoms with E-state index >= 15 is 0 Å². The topological polar surface area (TPSA) is 211 Å². The van der Waals surface area contributed by atoms with Crippen LogP contribution in [0.4, 0.5) is 11.4 Å². The number of anilines is 2. The predicted octanol–water partition coefficient (Wildman–Crippen LogP) is 0.455. The highest BCUT2D eigenvalue weighted by atomic mass is 16.5. The van der Waals surface area contributed by atoms with E-state index in [0.29, 0.717) is 22.1 Å². The fourth-order valence-electron chi connectivity index (χ4n) is 3.55. The third-order valence-corrected chi connectivity index (χ3v) is 5.34. The van der Waals surface area contributed by atoms with E-state index in [9.17, 15) is 28.8 Å². The summed E-state index contributed by atoms with van der Waals surface area (Å²) in [5, 5.41) is 7.41. The minimum atomic E-state index is -1.85. The summed E-state index contributed by atoms with van der Waals surface area (Å²) in [5.41, 5.74) is 1.58. The van der Waals surface area contributed by atoms with E-state index in [0.717, 1.165) is 0 Å². The fourth-order valence-corrected chi connectivity index (χ4v) is 3.55. The van der Waals surface area contributed by atoms with Crippen LogP contribution < -0.4 is 27.3 Å². The van der Waals surface area contributed by atoms with Crippen LogP contribution in [0.5, 0.6) is 0 Å². The zero-order chi connectivity index (χ0) is 27.4. The fraction of sp³-hybridized carbons (Fsp3) is 0.167. The van der Waals surface area contributed by atoms with Gasteiger partial charge in [-0.15, -0.1) is 0 Å². The molecule has 14 heteroatoms. The van der Waals surface area contributed by atoms with Crippen molar-refractivity contribution < 1.29 is 23.9 Å². The second kappa shape index (κ2) is 10.7. The summed E-state index contributed by atoms with van der Waals surface area (Å²) in [6, 6.07) is 8.99. The van der Waals surface area contributed by atoms with Crippen molar-refractivity contribution in [3.63, 3.8) is 0 Å². The molecule has 0 aliphatic carbocycles. The smallest absolute Gasteiger partial charge is 0.333 e. The summed E-state index contributed by atoms with van der Waals surface area (Å²) in [7, 11) is 0. The van der Waals surface area contributed by atoms with Crippen molar-refractivity contribution in [2.24, 2.45) is 5.92 Å². The first-order chi connectivity index (χ1) is 18.1. The highest BCUT2D eigenvalue weighted by molar-refractivity contribution is 6.23. The van der Waals surface area contributed by atoms with Crippen LogP contribution in [0.2, 0.25) is 0 Å². The van der Waals surface area contributed by atoms with Gasteiger partial charge >= 0.3 is 17.3 Å². The number of imidazole rings is 2. The molecule has 2 heterocycles. The molecule has 0 fully saturated rings. The van der Waals surface area contributed by atoms with E-state index in [-0.39, 0.29) is 30.1 Å². The molecule has 0 saturated carbocycles. The summed E-state index contributed by atoms with van der Waals surface area (Å²) in [6.07, 6.45) is 0. The summed E-state index contributed by atoms with van der Waals surface area (Å²) in [6.45, 7) is 4.55. The number of nitrogens with one attached hydrogen (secondary N) is 7. The molecule has 0 radical (unpaired) electrons. The zero-order valence-corrected chi connectivity index (χ0v) is 20.0. The Labute approximate surface area is 212 Å². The minimum absolute atomic E-state index is 0.165. The lowest BCUT2D eigenvalue weighted by Crippen LogP contribution is -2.46. The number of hydrogen-bond acceptors (Lipinski definition) is 7. The third kappa shape index (κ3) is 5.87. The Morgan fingerprint density at radius 1 is 0.789 bits per heavy atom. The molecule has 3 amide bonds. The standard InChI is InChI=1S/C24H23N7O7/c1-11(2)22(35)38-8-7-25-19(32)18(20(33)26-12-3-5-14-16(9-12)30-23(36)28-14)21(34)27-13-4-6-15-17(10-13)31-24(37)29-15/h3-6,9-10,18H,1,7-8H2,2H3,(H,25,32)(H,26,33)(H,27,34)(H2,28,30,36)(H2,29,31,37). The van der Waals surface area contributed by atoms with Gasteiger partial charge in [0.1, 0.15) is 6.61 Å². The molecule has 0 aliphatic heterocycles. The molecule has 0 unspecified atom stereocenters. The van der Waals surface area contributed by atoms with Crippen LogP contribution in [-0.4, -0.2) is 56.8 Å². The number of fused-ring (bicyclic) bond motifs is 2. The van der Waals surface area contributed by atoms with Crippen molar-refractivity contribution in [1.29, 1.82) is 0 Å². The van der Waals surface area contributed by atoms with E-state index in [4.69, 9.17) is 4.74 Å². The van der Waals surface area contributed by atoms with Crippen LogP contribution in [0.15, 0.2) is 58.1 Å². The molecule has 0 spiro atoms. The molecule has 0 bridgehead atoms. The van der Waals surface area contributed by atoms with Crippen molar-refractivity contribution in [2.75, 3.05) is 23.8 Å². The molecule has 14 nitrogen and oxygen atoms in total. The van der Waals surface area contributed by atoms with E-state index in [2.05, 4.69) is 42.5 Å². The van der Waals surface area contributed by atoms with Gasteiger partial charge in [-0.05, 0) is 43.3 Å². The van der Waals surface area contributed by atoms with E-state index < -0.39 is 41.0 Å². The first-order valence-corrected chi connectivity index (χ1v) is 11.3. The molecule has 2 aromatic heterocycles. The third-order valence-electron chi connectivity index (χ3n) is 5.34. The summed E-state index contributed by atoms with van der Waals surface area (Å²) < 4.78 is 4.91. The lowest BCUT2D eigenvalue weighted by Gasteiger charge is -2.17. The molecule has 2 aromatic carbocycles. The molecule has 0 aliphatic rings. The van der Waals surface area contributed by atoms with Crippen LogP contribution in [0, 0.1) is 5.92 Å². The van der Waals surface area contributed by atoms with E-state index in [1.165, 1.54) is 31.2 Å². The lowest BCUT2D eigenvalue weighted by atomic mass is 10.1. The van der Waals surface area contributed by atoms with Gasteiger partial charge in [0.25, 0.3) is 0 Å². The van der Waals surface area contributed by atoms with Crippen LogP contribution >= 0.6 is 0 Å². The summed E-state index contributed by atoms with van der Waals surface area (Å²) in [4.78, 5) is 83.9. The molecule has 0 atom stereocenters. The number of amides is 3. The number of carbonyl (C=O) groups is 4. The molecular weight excluding hydrogens is 498 g/mol. The Balaban J connectivity index is 1.52. The Kier molecular flexibility index (Phi) is 7.23. The molecule has 4 rings (SSSR count). The van der Waals surface area contributed by atoms with Gasteiger partial charge in [0.05, 0.1) is 28.6 Å². The second-order valence-corrected chi connectivity index (χ2v) is 8.30. The number of H-pyrrole nitrogens is 4. The number of carbonyl (C=O) groups excluding carboxylic acids is 4. The van der Waals surface area contributed by atoms with Crippen LogP contribution in [0.3, 0.4) is 0 Å². The van der Waals surface area contributed by atoms with E-state index in [1.54, 1.807) is 12.1 Å². The van der Waals surface area contributed by atoms with Gasteiger partial charge in [0.15, 0.2) is 5.92 Å². The van der Waals surface area contributed by atoms with Crippen molar-refractivity contribution >= 4 is 57.1 Å². The zero-order valence-electron chi connectivity index (χ0n) is 20.0. The number of esters is 1. The SMILES string of the molecule is C=C(C)C(=O)OCCNC(=O)C(C(=O)Nc1ccc2[nH]c(=O)[nH]c2c1)C(=O)Nc1ccc2[nH]c(=O)[nH]c2c1. The maximum Gasteiger partial charge on any atom is 0.333 e. The Morgan fingerprint density at radius 3 is 1.74 bits per heavy atom. The largest absolute Gasteiger partial charge is 0.460 e. The second-order valence-electron chi connectivity index (χ2n) is 8.30. The van der Waals surface area contributed by atoms with Gasteiger partial charge in [-0.2, -0.15) is 0 Å². The molecular formula is C24H23N7O7. The molecule has 4 aromatic rings. The Bertz CT molecular complexity index is 1590. The molecule has 0 saturated heterocycles. The number of ether oxygens (including phenoxy) is 1. The van der Waals surface area contributed by atoms with Crippen molar-refractivity contribution in [3.05, 3.63) is 69.5 Å².